The second-order valence-electron chi connectivity index (χ2n) is 8.51. The Morgan fingerprint density at radius 1 is 0.882 bits per heavy atom. The van der Waals surface area contributed by atoms with Crippen LogP contribution in [-0.4, -0.2) is 34.0 Å². The van der Waals surface area contributed by atoms with Crippen LogP contribution in [0.15, 0.2) is 65.6 Å². The quantitative estimate of drug-likeness (QED) is 0.454. The Morgan fingerprint density at radius 2 is 1.56 bits per heavy atom. The van der Waals surface area contributed by atoms with Gasteiger partial charge in [-0.15, -0.1) is 0 Å². The van der Waals surface area contributed by atoms with Gasteiger partial charge in [-0.2, -0.15) is 0 Å². The number of amides is 1. The fourth-order valence-electron chi connectivity index (χ4n) is 3.54. The van der Waals surface area contributed by atoms with E-state index in [2.05, 4.69) is 5.32 Å². The molecular formula is C27H32N2O4S. The van der Waals surface area contributed by atoms with E-state index in [0.29, 0.717) is 5.69 Å². The van der Waals surface area contributed by atoms with E-state index < -0.39 is 15.9 Å². The van der Waals surface area contributed by atoms with Crippen LogP contribution in [0.5, 0.6) is 5.75 Å². The largest absolute Gasteiger partial charge is 0.491 e. The van der Waals surface area contributed by atoms with Crippen molar-refractivity contribution in [2.45, 2.75) is 39.5 Å². The Kier molecular flexibility index (Phi) is 7.99. The Labute approximate surface area is 202 Å². The molecule has 3 aromatic carbocycles. The monoisotopic (exact) mass is 480 g/mol. The van der Waals surface area contributed by atoms with Crippen molar-refractivity contribution in [1.29, 1.82) is 0 Å². The lowest BCUT2D eigenvalue weighted by atomic mass is 10.1. The van der Waals surface area contributed by atoms with E-state index in [-0.39, 0.29) is 24.6 Å². The molecule has 0 unspecified atom stereocenters. The number of rotatable bonds is 9. The summed E-state index contributed by atoms with van der Waals surface area (Å²) in [4.78, 5) is 13.0. The topological polar surface area (TPSA) is 75.7 Å². The van der Waals surface area contributed by atoms with Crippen molar-refractivity contribution >= 4 is 21.6 Å². The molecule has 0 aliphatic rings. The third kappa shape index (κ3) is 5.97. The fourth-order valence-corrected chi connectivity index (χ4v) is 5.02. The van der Waals surface area contributed by atoms with E-state index in [1.54, 1.807) is 36.4 Å². The van der Waals surface area contributed by atoms with Gasteiger partial charge in [0.25, 0.3) is 10.0 Å². The maximum Gasteiger partial charge on any atom is 0.264 e. The molecule has 0 aliphatic carbocycles. The average molecular weight is 481 g/mol. The molecule has 1 N–H and O–H groups in total. The molecule has 180 valence electrons. The van der Waals surface area contributed by atoms with Gasteiger partial charge in [-0.3, -0.25) is 9.10 Å². The summed E-state index contributed by atoms with van der Waals surface area (Å²) in [5, 5.41) is 2.78. The van der Waals surface area contributed by atoms with Crippen LogP contribution in [0.2, 0.25) is 0 Å². The Morgan fingerprint density at radius 3 is 2.26 bits per heavy atom. The minimum Gasteiger partial charge on any atom is -0.491 e. The highest BCUT2D eigenvalue weighted by atomic mass is 32.2. The number of ether oxygens (including phenoxy) is 1. The standard InChI is InChI=1S/C27H32N2O4S/c1-19-10-13-24(14-11-19)34(31,32)29(25-8-6-7-21(3)23(25)5)18-27(30)28-15-16-33-26-17-20(2)9-12-22(26)4/h6-14,17H,15-16,18H2,1-5H3,(H,28,30). The van der Waals surface area contributed by atoms with Gasteiger partial charge in [-0.1, -0.05) is 42.0 Å². The van der Waals surface area contributed by atoms with Gasteiger partial charge in [0.1, 0.15) is 18.9 Å². The zero-order valence-electron chi connectivity index (χ0n) is 20.4. The maximum atomic E-state index is 13.5. The number of nitrogens with one attached hydrogen (secondary N) is 1. The molecule has 1 amide bonds. The third-order valence-corrected chi connectivity index (χ3v) is 7.54. The summed E-state index contributed by atoms with van der Waals surface area (Å²) in [6, 6.07) is 18.0. The molecule has 7 heteroatoms. The second-order valence-corrected chi connectivity index (χ2v) is 10.4. The summed E-state index contributed by atoms with van der Waals surface area (Å²) < 4.78 is 34.1. The van der Waals surface area contributed by atoms with Gasteiger partial charge in [0, 0.05) is 0 Å². The number of hydrogen-bond acceptors (Lipinski definition) is 4. The molecule has 3 rings (SSSR count). The van der Waals surface area contributed by atoms with Gasteiger partial charge in [-0.25, -0.2) is 8.42 Å². The molecule has 0 saturated carbocycles. The van der Waals surface area contributed by atoms with Gasteiger partial charge in [0.15, 0.2) is 0 Å². The van der Waals surface area contributed by atoms with Crippen molar-refractivity contribution in [2.24, 2.45) is 0 Å². The van der Waals surface area contributed by atoms with Gasteiger partial charge >= 0.3 is 0 Å². The van der Waals surface area contributed by atoms with E-state index >= 15 is 0 Å². The summed E-state index contributed by atoms with van der Waals surface area (Å²) >= 11 is 0. The number of nitrogens with zero attached hydrogens (tertiary/aromatic N) is 1. The van der Waals surface area contributed by atoms with Crippen LogP contribution in [0.4, 0.5) is 5.69 Å². The molecule has 0 aliphatic heterocycles. The number of anilines is 1. The zero-order chi connectivity index (χ0) is 24.9. The Hall–Kier alpha value is -3.32. The van der Waals surface area contributed by atoms with Crippen molar-refractivity contribution in [2.75, 3.05) is 24.0 Å². The van der Waals surface area contributed by atoms with Crippen molar-refractivity contribution in [3.05, 3.63) is 88.5 Å². The highest BCUT2D eigenvalue weighted by Gasteiger charge is 2.28. The summed E-state index contributed by atoms with van der Waals surface area (Å²) in [6.45, 7) is 9.84. The maximum absolute atomic E-state index is 13.5. The van der Waals surface area contributed by atoms with Crippen LogP contribution in [0.25, 0.3) is 0 Å². The van der Waals surface area contributed by atoms with Crippen LogP contribution in [0, 0.1) is 34.6 Å². The summed E-state index contributed by atoms with van der Waals surface area (Å²) in [7, 11) is -3.95. The molecule has 0 fully saturated rings. The molecule has 0 radical (unpaired) electrons. The van der Waals surface area contributed by atoms with Crippen molar-refractivity contribution in [3.63, 3.8) is 0 Å². The van der Waals surface area contributed by atoms with Crippen LogP contribution >= 0.6 is 0 Å². The zero-order valence-corrected chi connectivity index (χ0v) is 21.2. The third-order valence-electron chi connectivity index (χ3n) is 5.77. The minimum absolute atomic E-state index is 0.144. The molecule has 3 aromatic rings. The molecule has 0 aromatic heterocycles. The lowest BCUT2D eigenvalue weighted by Gasteiger charge is -2.26. The fraction of sp³-hybridized carbons (Fsp3) is 0.296. The summed E-state index contributed by atoms with van der Waals surface area (Å²) in [5.41, 5.74) is 5.31. The first-order chi connectivity index (χ1) is 16.1. The molecule has 0 bridgehead atoms. The smallest absolute Gasteiger partial charge is 0.264 e. The molecular weight excluding hydrogens is 448 g/mol. The lowest BCUT2D eigenvalue weighted by Crippen LogP contribution is -2.42. The van der Waals surface area contributed by atoms with Gasteiger partial charge in [0.05, 0.1) is 17.1 Å². The normalized spacial score (nSPS) is 11.2. The van der Waals surface area contributed by atoms with Gasteiger partial charge < -0.3 is 10.1 Å². The highest BCUT2D eigenvalue weighted by Crippen LogP contribution is 2.28. The van der Waals surface area contributed by atoms with Gasteiger partial charge in [-0.05, 0) is 81.1 Å². The number of sulfonamides is 1. The number of benzene rings is 3. The molecule has 0 atom stereocenters. The van der Waals surface area contributed by atoms with Crippen molar-refractivity contribution < 1.29 is 17.9 Å². The van der Waals surface area contributed by atoms with Gasteiger partial charge in [0.2, 0.25) is 5.91 Å². The van der Waals surface area contributed by atoms with Crippen LogP contribution in [0.3, 0.4) is 0 Å². The van der Waals surface area contributed by atoms with Crippen molar-refractivity contribution in [3.8, 4) is 5.75 Å². The highest BCUT2D eigenvalue weighted by molar-refractivity contribution is 7.92. The van der Waals surface area contributed by atoms with Crippen LogP contribution < -0.4 is 14.4 Å². The first-order valence-corrected chi connectivity index (χ1v) is 12.7. The summed E-state index contributed by atoms with van der Waals surface area (Å²) in [6.07, 6.45) is 0. The molecule has 34 heavy (non-hydrogen) atoms. The van der Waals surface area contributed by atoms with E-state index in [1.807, 2.05) is 58.9 Å². The number of carbonyl (C=O) groups is 1. The number of aryl methyl sites for hydroxylation is 4. The van der Waals surface area contributed by atoms with E-state index in [9.17, 15) is 13.2 Å². The number of carbonyl (C=O) groups excluding carboxylic acids is 1. The predicted molar refractivity (Wildman–Crippen MR) is 136 cm³/mol. The summed E-state index contributed by atoms with van der Waals surface area (Å²) in [5.74, 6) is 0.370. The van der Waals surface area contributed by atoms with E-state index in [0.717, 1.165) is 33.6 Å². The van der Waals surface area contributed by atoms with Crippen LogP contribution in [-0.2, 0) is 14.8 Å². The number of hydrogen-bond donors (Lipinski definition) is 1. The molecule has 0 heterocycles. The minimum atomic E-state index is -3.95. The second kappa shape index (κ2) is 10.7. The SMILES string of the molecule is Cc1ccc(S(=O)(=O)N(CC(=O)NCCOc2cc(C)ccc2C)c2cccc(C)c2C)cc1. The molecule has 6 nitrogen and oxygen atoms in total. The van der Waals surface area contributed by atoms with Crippen molar-refractivity contribution in [1.82, 2.24) is 5.32 Å². The average Bonchev–Trinajstić information content (AvgIpc) is 2.79. The predicted octanol–water partition coefficient (Wildman–Crippen LogP) is 4.62. The van der Waals surface area contributed by atoms with E-state index in [1.165, 1.54) is 4.31 Å². The first-order valence-electron chi connectivity index (χ1n) is 11.2. The molecule has 0 spiro atoms. The Bertz CT molecular complexity index is 1270. The first kappa shape index (κ1) is 25.3. The van der Waals surface area contributed by atoms with Crippen LogP contribution in [0.1, 0.15) is 27.8 Å². The molecule has 0 saturated heterocycles. The Balaban J connectivity index is 1.76. The van der Waals surface area contributed by atoms with E-state index in [4.69, 9.17) is 4.74 Å². The lowest BCUT2D eigenvalue weighted by molar-refractivity contribution is -0.119.